The van der Waals surface area contributed by atoms with Crippen molar-refractivity contribution in [2.45, 2.75) is 13.3 Å². The zero-order chi connectivity index (χ0) is 13.5. The maximum atomic E-state index is 11.4. The molecule has 0 aliphatic rings. The third kappa shape index (κ3) is 5.18. The molecule has 0 radical (unpaired) electrons. The van der Waals surface area contributed by atoms with Gasteiger partial charge in [0.2, 0.25) is 5.91 Å². The van der Waals surface area contributed by atoms with Gasteiger partial charge in [-0.3, -0.25) is 9.59 Å². The van der Waals surface area contributed by atoms with E-state index in [1.165, 1.54) is 6.08 Å². The van der Waals surface area contributed by atoms with E-state index in [-0.39, 0.29) is 5.91 Å². The molecule has 0 aliphatic carbocycles. The van der Waals surface area contributed by atoms with Gasteiger partial charge in [-0.05, 0) is 40.6 Å². The fourth-order valence-electron chi connectivity index (χ4n) is 1.17. The number of aliphatic carboxylic acids is 1. The molecular weight excluding hydrogens is 302 g/mol. The average molecular weight is 316 g/mol. The van der Waals surface area contributed by atoms with E-state index in [1.54, 1.807) is 25.1 Å². The number of hydrogen-bond acceptors (Lipinski definition) is 3. The number of furan rings is 1. The smallest absolute Gasteiger partial charge is 0.306 e. The van der Waals surface area contributed by atoms with Gasteiger partial charge in [-0.2, -0.15) is 0 Å². The molecule has 6 heteroatoms. The molecule has 1 unspecified atom stereocenters. The quantitative estimate of drug-likeness (QED) is 0.789. The molecule has 0 saturated carbocycles. The summed E-state index contributed by atoms with van der Waals surface area (Å²) in [4.78, 5) is 21.9. The van der Waals surface area contributed by atoms with Gasteiger partial charge in [-0.1, -0.05) is 6.92 Å². The molecule has 0 fully saturated rings. The van der Waals surface area contributed by atoms with Gasteiger partial charge in [-0.15, -0.1) is 0 Å². The predicted molar refractivity (Wildman–Crippen MR) is 69.9 cm³/mol. The van der Waals surface area contributed by atoms with Crippen molar-refractivity contribution in [1.82, 2.24) is 5.32 Å². The number of carbonyl (C=O) groups is 2. The molecule has 1 amide bonds. The fourth-order valence-corrected chi connectivity index (χ4v) is 1.49. The third-order valence-corrected chi connectivity index (χ3v) is 2.72. The highest BCUT2D eigenvalue weighted by atomic mass is 79.9. The Morgan fingerprint density at radius 2 is 2.28 bits per heavy atom. The number of hydrogen-bond donors (Lipinski definition) is 2. The van der Waals surface area contributed by atoms with E-state index < -0.39 is 11.9 Å². The van der Waals surface area contributed by atoms with Gasteiger partial charge in [0.25, 0.3) is 0 Å². The van der Waals surface area contributed by atoms with Crippen molar-refractivity contribution >= 4 is 33.9 Å². The topological polar surface area (TPSA) is 79.5 Å². The minimum Gasteiger partial charge on any atom is -0.481 e. The van der Waals surface area contributed by atoms with Crippen molar-refractivity contribution in [3.63, 3.8) is 0 Å². The van der Waals surface area contributed by atoms with E-state index >= 15 is 0 Å². The largest absolute Gasteiger partial charge is 0.481 e. The first-order valence-corrected chi connectivity index (χ1v) is 6.22. The summed E-state index contributed by atoms with van der Waals surface area (Å²) in [5.41, 5.74) is 0. The van der Waals surface area contributed by atoms with Gasteiger partial charge in [0.1, 0.15) is 5.76 Å². The molecule has 5 nitrogen and oxygen atoms in total. The van der Waals surface area contributed by atoms with Gasteiger partial charge in [0.05, 0.1) is 5.92 Å². The van der Waals surface area contributed by atoms with Crippen LogP contribution in [0.4, 0.5) is 0 Å². The molecule has 0 saturated heterocycles. The van der Waals surface area contributed by atoms with Crippen molar-refractivity contribution in [3.05, 3.63) is 28.6 Å². The lowest BCUT2D eigenvalue weighted by atomic mass is 10.1. The summed E-state index contributed by atoms with van der Waals surface area (Å²) in [6, 6.07) is 3.45. The third-order valence-electron chi connectivity index (χ3n) is 2.29. The van der Waals surface area contributed by atoms with Crippen LogP contribution < -0.4 is 5.32 Å². The van der Waals surface area contributed by atoms with E-state index in [0.717, 1.165) is 0 Å². The van der Waals surface area contributed by atoms with Crippen LogP contribution in [0.25, 0.3) is 6.08 Å². The normalized spacial score (nSPS) is 12.6. The Morgan fingerprint density at radius 1 is 1.56 bits per heavy atom. The van der Waals surface area contributed by atoms with Crippen LogP contribution in [0.2, 0.25) is 0 Å². The van der Waals surface area contributed by atoms with E-state index in [0.29, 0.717) is 23.4 Å². The Bertz CT molecular complexity index is 453. The molecule has 1 atom stereocenters. The molecule has 0 bridgehead atoms. The van der Waals surface area contributed by atoms with E-state index in [1.807, 2.05) is 0 Å². The fraction of sp³-hybridized carbons (Fsp3) is 0.333. The molecule has 1 aromatic heterocycles. The van der Waals surface area contributed by atoms with Crippen molar-refractivity contribution in [3.8, 4) is 0 Å². The Hall–Kier alpha value is -1.56. The van der Waals surface area contributed by atoms with Crippen LogP contribution in [0.5, 0.6) is 0 Å². The number of amides is 1. The number of carboxylic acid groups (broad SMARTS) is 1. The summed E-state index contributed by atoms with van der Waals surface area (Å²) in [6.45, 7) is 1.93. The lowest BCUT2D eigenvalue weighted by Crippen LogP contribution is -2.25. The lowest BCUT2D eigenvalue weighted by molar-refractivity contribution is -0.141. The monoisotopic (exact) mass is 315 g/mol. The minimum atomic E-state index is -0.861. The Labute approximate surface area is 113 Å². The zero-order valence-electron chi connectivity index (χ0n) is 9.85. The number of carboxylic acids is 1. The summed E-state index contributed by atoms with van der Waals surface area (Å²) >= 11 is 3.15. The molecule has 0 aromatic carbocycles. The van der Waals surface area contributed by atoms with Crippen LogP contribution in [0.1, 0.15) is 19.1 Å². The van der Waals surface area contributed by atoms with Crippen LogP contribution in [-0.4, -0.2) is 23.5 Å². The highest BCUT2D eigenvalue weighted by Gasteiger charge is 2.10. The second-order valence-electron chi connectivity index (χ2n) is 3.79. The van der Waals surface area contributed by atoms with Crippen LogP contribution in [0.15, 0.2) is 27.3 Å². The first kappa shape index (κ1) is 14.5. The summed E-state index contributed by atoms with van der Waals surface area (Å²) in [5.74, 6) is -1.04. The molecule has 0 spiro atoms. The van der Waals surface area contributed by atoms with Crippen LogP contribution in [0.3, 0.4) is 0 Å². The maximum Gasteiger partial charge on any atom is 0.306 e. The number of nitrogens with one attached hydrogen (secondary N) is 1. The Balaban J connectivity index is 2.30. The molecule has 1 heterocycles. The second-order valence-corrected chi connectivity index (χ2v) is 4.58. The lowest BCUT2D eigenvalue weighted by Gasteiger charge is -2.05. The summed E-state index contributed by atoms with van der Waals surface area (Å²) in [6.07, 6.45) is 3.29. The summed E-state index contributed by atoms with van der Waals surface area (Å²) < 4.78 is 5.78. The molecule has 18 heavy (non-hydrogen) atoms. The summed E-state index contributed by atoms with van der Waals surface area (Å²) in [7, 11) is 0. The van der Waals surface area contributed by atoms with Gasteiger partial charge < -0.3 is 14.8 Å². The van der Waals surface area contributed by atoms with Crippen LogP contribution >= 0.6 is 15.9 Å². The van der Waals surface area contributed by atoms with Crippen molar-refractivity contribution in [2.75, 3.05) is 6.54 Å². The second kappa shape index (κ2) is 7.00. The van der Waals surface area contributed by atoms with E-state index in [4.69, 9.17) is 9.52 Å². The maximum absolute atomic E-state index is 11.4. The van der Waals surface area contributed by atoms with Crippen molar-refractivity contribution in [2.24, 2.45) is 5.92 Å². The zero-order valence-corrected chi connectivity index (χ0v) is 11.4. The minimum absolute atomic E-state index is 0.278. The van der Waals surface area contributed by atoms with Gasteiger partial charge in [0, 0.05) is 12.6 Å². The molecule has 0 aliphatic heterocycles. The number of rotatable bonds is 6. The van der Waals surface area contributed by atoms with E-state index in [9.17, 15) is 9.59 Å². The van der Waals surface area contributed by atoms with Gasteiger partial charge in [-0.25, -0.2) is 0 Å². The van der Waals surface area contributed by atoms with Crippen molar-refractivity contribution < 1.29 is 19.1 Å². The molecular formula is C12H14BrNO4. The Kier molecular flexibility index (Phi) is 5.64. The van der Waals surface area contributed by atoms with Gasteiger partial charge >= 0.3 is 5.97 Å². The average Bonchev–Trinajstić information content (AvgIpc) is 2.72. The number of halogens is 1. The predicted octanol–water partition coefficient (Wildman–Crippen LogP) is 2.28. The molecule has 1 rings (SSSR count). The highest BCUT2D eigenvalue weighted by molar-refractivity contribution is 9.10. The number of carbonyl (C=O) groups excluding carboxylic acids is 1. The van der Waals surface area contributed by atoms with Crippen LogP contribution in [-0.2, 0) is 9.59 Å². The first-order chi connectivity index (χ1) is 8.49. The molecule has 2 N–H and O–H groups in total. The highest BCUT2D eigenvalue weighted by Crippen LogP contribution is 2.14. The van der Waals surface area contributed by atoms with Crippen LogP contribution in [0, 0.1) is 5.92 Å². The van der Waals surface area contributed by atoms with Crippen molar-refractivity contribution in [1.29, 1.82) is 0 Å². The molecule has 1 aromatic rings. The van der Waals surface area contributed by atoms with E-state index in [2.05, 4.69) is 21.2 Å². The SMILES string of the molecule is CC(CCNC(=O)/C=C/c1ccc(Br)o1)C(=O)O. The summed E-state index contributed by atoms with van der Waals surface area (Å²) in [5, 5.41) is 11.3. The molecule has 98 valence electrons. The standard InChI is InChI=1S/C12H14BrNO4/c1-8(12(16)17)6-7-14-11(15)5-3-9-2-4-10(13)18-9/h2-5,8H,6-7H2,1H3,(H,14,15)(H,16,17)/b5-3+. The van der Waals surface area contributed by atoms with Gasteiger partial charge in [0.15, 0.2) is 4.67 Å². The Morgan fingerprint density at radius 3 is 2.83 bits per heavy atom. The first-order valence-electron chi connectivity index (χ1n) is 5.43.